The lowest BCUT2D eigenvalue weighted by Gasteiger charge is -2.09. The molecule has 0 fully saturated rings. The first-order valence-electron chi connectivity index (χ1n) is 7.23. The van der Waals surface area contributed by atoms with Gasteiger partial charge in [-0.25, -0.2) is 0 Å². The number of nitrogens with one attached hydrogen (secondary N) is 1. The minimum absolute atomic E-state index is 0.0177. The van der Waals surface area contributed by atoms with Crippen molar-refractivity contribution in [1.29, 1.82) is 0 Å². The summed E-state index contributed by atoms with van der Waals surface area (Å²) in [5, 5.41) is 11.1. The smallest absolute Gasteiger partial charge is 0.255 e. The summed E-state index contributed by atoms with van der Waals surface area (Å²) in [6.07, 6.45) is 0.386. The second kappa shape index (κ2) is 5.93. The molecule has 0 aliphatic heterocycles. The van der Waals surface area contributed by atoms with Gasteiger partial charge in [-0.15, -0.1) is 0 Å². The first-order chi connectivity index (χ1) is 10.7. The molecule has 0 amide bonds. The van der Waals surface area contributed by atoms with Crippen LogP contribution in [0.3, 0.4) is 0 Å². The van der Waals surface area contributed by atoms with Crippen molar-refractivity contribution in [2.45, 2.75) is 13.3 Å². The van der Waals surface area contributed by atoms with Crippen LogP contribution in [-0.4, -0.2) is 16.7 Å². The van der Waals surface area contributed by atoms with Crippen molar-refractivity contribution < 1.29 is 9.84 Å². The molecule has 0 spiro atoms. The topological polar surface area (TPSA) is 62.3 Å². The van der Waals surface area contributed by atoms with E-state index in [-0.39, 0.29) is 11.3 Å². The van der Waals surface area contributed by atoms with Gasteiger partial charge in [0.15, 0.2) is 0 Å². The zero-order valence-electron chi connectivity index (χ0n) is 12.3. The fourth-order valence-electron chi connectivity index (χ4n) is 2.52. The van der Waals surface area contributed by atoms with Crippen LogP contribution in [0.5, 0.6) is 11.5 Å². The maximum absolute atomic E-state index is 12.2. The average Bonchev–Trinajstić information content (AvgIpc) is 2.53. The van der Waals surface area contributed by atoms with Crippen LogP contribution < -0.4 is 10.3 Å². The van der Waals surface area contributed by atoms with E-state index in [9.17, 15) is 9.90 Å². The maximum atomic E-state index is 12.2. The van der Waals surface area contributed by atoms with Gasteiger partial charge in [0.1, 0.15) is 11.5 Å². The molecular formula is C18H17NO3. The number of aromatic amines is 1. The van der Waals surface area contributed by atoms with E-state index < -0.39 is 0 Å². The number of benzene rings is 2. The number of aromatic hydroxyl groups is 1. The second-order valence-corrected chi connectivity index (χ2v) is 5.08. The van der Waals surface area contributed by atoms with Gasteiger partial charge in [-0.1, -0.05) is 30.3 Å². The fraction of sp³-hybridized carbons (Fsp3) is 0.167. The summed E-state index contributed by atoms with van der Waals surface area (Å²) in [5.41, 5.74) is 1.68. The van der Waals surface area contributed by atoms with Crippen LogP contribution in [0, 0.1) is 0 Å². The molecule has 4 nitrogen and oxygen atoms in total. The highest BCUT2D eigenvalue weighted by Crippen LogP contribution is 2.29. The number of pyridine rings is 1. The van der Waals surface area contributed by atoms with E-state index in [2.05, 4.69) is 4.98 Å². The molecule has 0 atom stereocenters. The Kier molecular flexibility index (Phi) is 3.83. The monoisotopic (exact) mass is 295 g/mol. The maximum Gasteiger partial charge on any atom is 0.255 e. The van der Waals surface area contributed by atoms with Crippen LogP contribution in [0.1, 0.15) is 18.1 Å². The predicted molar refractivity (Wildman–Crippen MR) is 86.7 cm³/mol. The van der Waals surface area contributed by atoms with Crippen molar-refractivity contribution >= 4 is 10.9 Å². The lowest BCUT2D eigenvalue weighted by molar-refractivity contribution is 0.340. The van der Waals surface area contributed by atoms with Crippen molar-refractivity contribution in [2.75, 3.05) is 6.61 Å². The molecule has 0 bridgehead atoms. The summed E-state index contributed by atoms with van der Waals surface area (Å²) >= 11 is 0. The Morgan fingerprint density at radius 3 is 2.64 bits per heavy atom. The van der Waals surface area contributed by atoms with Crippen LogP contribution in [0.2, 0.25) is 0 Å². The normalized spacial score (nSPS) is 10.8. The fourth-order valence-corrected chi connectivity index (χ4v) is 2.52. The summed E-state index contributed by atoms with van der Waals surface area (Å²) in [5.74, 6) is 0.687. The van der Waals surface area contributed by atoms with Gasteiger partial charge in [0.05, 0.1) is 17.7 Å². The standard InChI is InChI=1S/C18H17NO3/c1-2-22-13-8-9-16-14(11-13)17(20)15(18(21)19-16)10-12-6-4-3-5-7-12/h3-9,11H,2,10H2,1H3,(H2,19,20,21). The molecule has 0 aliphatic carbocycles. The molecule has 3 rings (SSSR count). The van der Waals surface area contributed by atoms with Gasteiger partial charge in [0, 0.05) is 11.8 Å². The number of H-pyrrole nitrogens is 1. The molecule has 0 radical (unpaired) electrons. The molecule has 1 heterocycles. The van der Waals surface area contributed by atoms with E-state index >= 15 is 0 Å². The van der Waals surface area contributed by atoms with E-state index in [1.165, 1.54) is 0 Å². The molecule has 112 valence electrons. The molecular weight excluding hydrogens is 278 g/mol. The van der Waals surface area contributed by atoms with Gasteiger partial charge < -0.3 is 14.8 Å². The van der Waals surface area contributed by atoms with Crippen molar-refractivity contribution in [2.24, 2.45) is 0 Å². The highest BCUT2D eigenvalue weighted by molar-refractivity contribution is 5.87. The van der Waals surface area contributed by atoms with Crippen LogP contribution in [0.15, 0.2) is 53.3 Å². The molecule has 2 N–H and O–H groups in total. The lowest BCUT2D eigenvalue weighted by Crippen LogP contribution is -2.13. The van der Waals surface area contributed by atoms with E-state index in [4.69, 9.17) is 4.74 Å². The predicted octanol–water partition coefficient (Wildman–Crippen LogP) is 3.22. The third-order valence-corrected chi connectivity index (χ3v) is 3.59. The first-order valence-corrected chi connectivity index (χ1v) is 7.23. The molecule has 0 saturated carbocycles. The molecule has 22 heavy (non-hydrogen) atoms. The average molecular weight is 295 g/mol. The quantitative estimate of drug-likeness (QED) is 0.777. The number of hydrogen-bond acceptors (Lipinski definition) is 3. The zero-order chi connectivity index (χ0) is 15.5. The minimum Gasteiger partial charge on any atom is -0.507 e. The van der Waals surface area contributed by atoms with Crippen molar-refractivity contribution in [3.05, 3.63) is 70.0 Å². The Morgan fingerprint density at radius 1 is 1.14 bits per heavy atom. The van der Waals surface area contributed by atoms with Crippen molar-refractivity contribution in [3.8, 4) is 11.5 Å². The number of fused-ring (bicyclic) bond motifs is 1. The SMILES string of the molecule is CCOc1ccc2[nH]c(=O)c(Cc3ccccc3)c(O)c2c1. The van der Waals surface area contributed by atoms with E-state index in [1.807, 2.05) is 37.3 Å². The Balaban J connectivity index is 2.11. The summed E-state index contributed by atoms with van der Waals surface area (Å²) in [6.45, 7) is 2.45. The Morgan fingerprint density at radius 2 is 1.91 bits per heavy atom. The van der Waals surface area contributed by atoms with Gasteiger partial charge in [0.25, 0.3) is 5.56 Å². The molecule has 2 aromatic carbocycles. The Bertz CT molecular complexity index is 853. The van der Waals surface area contributed by atoms with E-state index in [1.54, 1.807) is 18.2 Å². The van der Waals surface area contributed by atoms with Crippen molar-refractivity contribution in [1.82, 2.24) is 4.98 Å². The van der Waals surface area contributed by atoms with E-state index in [0.29, 0.717) is 35.2 Å². The Hall–Kier alpha value is -2.75. The zero-order valence-corrected chi connectivity index (χ0v) is 12.3. The van der Waals surface area contributed by atoms with Crippen molar-refractivity contribution in [3.63, 3.8) is 0 Å². The third kappa shape index (κ3) is 2.68. The number of aromatic nitrogens is 1. The molecule has 0 aliphatic rings. The van der Waals surface area contributed by atoms with E-state index in [0.717, 1.165) is 5.56 Å². The van der Waals surface area contributed by atoms with Crippen LogP contribution >= 0.6 is 0 Å². The minimum atomic E-state index is -0.266. The summed E-state index contributed by atoms with van der Waals surface area (Å²) < 4.78 is 5.45. The number of ether oxygens (including phenoxy) is 1. The van der Waals surface area contributed by atoms with Gasteiger partial charge in [-0.3, -0.25) is 4.79 Å². The first kappa shape index (κ1) is 14.2. The van der Waals surface area contributed by atoms with Crippen LogP contribution in [0.25, 0.3) is 10.9 Å². The van der Waals surface area contributed by atoms with Crippen LogP contribution in [0.4, 0.5) is 0 Å². The highest BCUT2D eigenvalue weighted by atomic mass is 16.5. The number of hydrogen-bond donors (Lipinski definition) is 2. The van der Waals surface area contributed by atoms with Gasteiger partial charge >= 0.3 is 0 Å². The largest absolute Gasteiger partial charge is 0.507 e. The highest BCUT2D eigenvalue weighted by Gasteiger charge is 2.13. The lowest BCUT2D eigenvalue weighted by atomic mass is 10.0. The molecule has 0 unspecified atom stereocenters. The molecule has 1 aromatic heterocycles. The summed E-state index contributed by atoms with van der Waals surface area (Å²) in [4.78, 5) is 15.0. The number of rotatable bonds is 4. The summed E-state index contributed by atoms with van der Waals surface area (Å²) in [6, 6.07) is 14.9. The van der Waals surface area contributed by atoms with Gasteiger partial charge in [0.2, 0.25) is 0 Å². The van der Waals surface area contributed by atoms with Gasteiger partial charge in [-0.2, -0.15) is 0 Å². The van der Waals surface area contributed by atoms with Crippen LogP contribution in [-0.2, 0) is 6.42 Å². The third-order valence-electron chi connectivity index (χ3n) is 3.59. The van der Waals surface area contributed by atoms with Gasteiger partial charge in [-0.05, 0) is 30.7 Å². The molecule has 4 heteroatoms. The second-order valence-electron chi connectivity index (χ2n) is 5.08. The Labute approximate surface area is 128 Å². The summed E-state index contributed by atoms with van der Waals surface area (Å²) in [7, 11) is 0. The molecule has 0 saturated heterocycles. The molecule has 3 aromatic rings.